The number of nitrogens with one attached hydrogen (secondary N) is 2. The van der Waals surface area contributed by atoms with E-state index in [4.69, 9.17) is 38.5 Å². The van der Waals surface area contributed by atoms with Gasteiger partial charge in [-0.25, -0.2) is 19.6 Å². The number of aromatic nitrogens is 4. The van der Waals surface area contributed by atoms with Gasteiger partial charge in [0, 0.05) is 33.1 Å². The van der Waals surface area contributed by atoms with Crippen LogP contribution >= 0.6 is 46.5 Å². The SMILES string of the molecule is CCOc1cc(-c2cc(-c3cccs3)c3c(n2)sc2c(=O)n(NC(=S)Nc4ccccc4)c(C)nc23)cc(Cl)n1. The number of nitrogens with zero attached hydrogens (tertiary/aromatic N) is 4. The molecule has 0 atom stereocenters. The van der Waals surface area contributed by atoms with Gasteiger partial charge in [0.2, 0.25) is 5.88 Å². The zero-order valence-electron chi connectivity index (χ0n) is 21.3. The third-order valence-electron chi connectivity index (χ3n) is 6.02. The highest BCUT2D eigenvalue weighted by atomic mass is 35.5. The van der Waals surface area contributed by atoms with Crippen LogP contribution in [0.1, 0.15) is 12.7 Å². The lowest BCUT2D eigenvalue weighted by Crippen LogP contribution is -2.37. The number of hydrogen-bond acceptors (Lipinski definition) is 8. The molecule has 5 aromatic heterocycles. The van der Waals surface area contributed by atoms with Gasteiger partial charge in [0.05, 0.1) is 17.8 Å². The van der Waals surface area contributed by atoms with Crippen LogP contribution in [-0.2, 0) is 0 Å². The van der Waals surface area contributed by atoms with Crippen LogP contribution in [0.4, 0.5) is 5.69 Å². The van der Waals surface area contributed by atoms with Crippen LogP contribution < -0.4 is 21.0 Å². The summed E-state index contributed by atoms with van der Waals surface area (Å²) in [6.07, 6.45) is 0. The van der Waals surface area contributed by atoms with E-state index in [0.29, 0.717) is 44.2 Å². The van der Waals surface area contributed by atoms with Gasteiger partial charge in [0.25, 0.3) is 5.56 Å². The molecule has 0 fully saturated rings. The third-order valence-corrected chi connectivity index (χ3v) is 8.37. The molecule has 2 N–H and O–H groups in total. The number of rotatable bonds is 6. The van der Waals surface area contributed by atoms with Crippen molar-refractivity contribution in [3.8, 4) is 27.6 Å². The molecular formula is C28H21ClN6O2S3. The number of thiocarbonyl (C=S) groups is 1. The number of pyridine rings is 2. The highest BCUT2D eigenvalue weighted by Gasteiger charge is 2.21. The first-order valence-electron chi connectivity index (χ1n) is 12.3. The molecular weight excluding hydrogens is 584 g/mol. The van der Waals surface area contributed by atoms with Crippen LogP contribution in [0, 0.1) is 6.92 Å². The topological polar surface area (TPSA) is 94.0 Å². The van der Waals surface area contributed by atoms with Gasteiger partial charge in [-0.3, -0.25) is 10.2 Å². The first-order valence-corrected chi connectivity index (χ1v) is 14.7. The van der Waals surface area contributed by atoms with Gasteiger partial charge >= 0.3 is 0 Å². The van der Waals surface area contributed by atoms with Crippen molar-refractivity contribution in [2.45, 2.75) is 13.8 Å². The van der Waals surface area contributed by atoms with Crippen LogP contribution in [0.25, 0.3) is 42.1 Å². The number of fused-ring (bicyclic) bond motifs is 3. The largest absolute Gasteiger partial charge is 0.478 e. The van der Waals surface area contributed by atoms with Gasteiger partial charge in [0.1, 0.15) is 20.5 Å². The molecule has 12 heteroatoms. The molecule has 0 bridgehead atoms. The first-order chi connectivity index (χ1) is 19.4. The van der Waals surface area contributed by atoms with E-state index in [1.807, 2.05) is 66.9 Å². The van der Waals surface area contributed by atoms with E-state index >= 15 is 0 Å². The number of para-hydroxylation sites is 1. The number of benzene rings is 1. The second-order valence-corrected chi connectivity index (χ2v) is 11.4. The summed E-state index contributed by atoms with van der Waals surface area (Å²) < 4.78 is 7.44. The van der Waals surface area contributed by atoms with Crippen LogP contribution in [0.3, 0.4) is 0 Å². The van der Waals surface area contributed by atoms with E-state index in [0.717, 1.165) is 27.1 Å². The lowest BCUT2D eigenvalue weighted by molar-refractivity contribution is 0.327. The Bertz CT molecular complexity index is 1940. The van der Waals surface area contributed by atoms with Crippen LogP contribution in [0.15, 0.2) is 70.8 Å². The zero-order chi connectivity index (χ0) is 27.8. The third kappa shape index (κ3) is 5.04. The van der Waals surface area contributed by atoms with Crippen molar-refractivity contribution in [1.29, 1.82) is 0 Å². The fourth-order valence-electron chi connectivity index (χ4n) is 4.33. The molecule has 0 unspecified atom stereocenters. The molecule has 6 aromatic rings. The Morgan fingerprint density at radius 2 is 1.93 bits per heavy atom. The van der Waals surface area contributed by atoms with Gasteiger partial charge in [0.15, 0.2) is 5.11 Å². The normalized spacial score (nSPS) is 11.2. The number of aryl methyl sites for hydroxylation is 1. The Labute approximate surface area is 247 Å². The minimum atomic E-state index is -0.257. The van der Waals surface area contributed by atoms with E-state index in [1.165, 1.54) is 16.0 Å². The van der Waals surface area contributed by atoms with Gasteiger partial charge < -0.3 is 10.1 Å². The second kappa shape index (κ2) is 10.9. The summed E-state index contributed by atoms with van der Waals surface area (Å²) in [5.74, 6) is 0.894. The minimum Gasteiger partial charge on any atom is -0.478 e. The number of halogens is 1. The molecule has 0 saturated carbocycles. The van der Waals surface area contributed by atoms with Gasteiger partial charge in [-0.2, -0.15) is 0 Å². The Morgan fingerprint density at radius 1 is 1.10 bits per heavy atom. The zero-order valence-corrected chi connectivity index (χ0v) is 24.5. The highest BCUT2D eigenvalue weighted by molar-refractivity contribution is 7.80. The fourth-order valence-corrected chi connectivity index (χ4v) is 6.55. The van der Waals surface area contributed by atoms with Crippen molar-refractivity contribution in [2.75, 3.05) is 17.3 Å². The summed E-state index contributed by atoms with van der Waals surface area (Å²) in [6, 6.07) is 19.1. The van der Waals surface area contributed by atoms with Crippen molar-refractivity contribution in [3.05, 3.63) is 87.4 Å². The van der Waals surface area contributed by atoms with E-state index in [9.17, 15) is 4.79 Å². The summed E-state index contributed by atoms with van der Waals surface area (Å²) in [7, 11) is 0. The molecule has 200 valence electrons. The van der Waals surface area contributed by atoms with Crippen molar-refractivity contribution in [2.24, 2.45) is 0 Å². The smallest absolute Gasteiger partial charge is 0.290 e. The summed E-state index contributed by atoms with van der Waals surface area (Å²) in [6.45, 7) is 4.12. The Morgan fingerprint density at radius 3 is 2.67 bits per heavy atom. The van der Waals surface area contributed by atoms with Crippen molar-refractivity contribution in [1.82, 2.24) is 19.6 Å². The summed E-state index contributed by atoms with van der Waals surface area (Å²) in [5, 5.41) is 6.52. The molecule has 0 spiro atoms. The minimum absolute atomic E-state index is 0.257. The number of ether oxygens (including phenoxy) is 1. The summed E-state index contributed by atoms with van der Waals surface area (Å²) >= 11 is 14.7. The van der Waals surface area contributed by atoms with Crippen LogP contribution in [0.2, 0.25) is 5.15 Å². The summed E-state index contributed by atoms with van der Waals surface area (Å²) in [4.78, 5) is 29.5. The predicted octanol–water partition coefficient (Wildman–Crippen LogP) is 7.10. The maximum atomic E-state index is 13.7. The molecule has 6 rings (SSSR count). The first kappa shape index (κ1) is 26.3. The van der Waals surface area contributed by atoms with Gasteiger partial charge in [-0.05, 0) is 61.8 Å². The molecule has 0 aliphatic rings. The maximum Gasteiger partial charge on any atom is 0.290 e. The molecule has 0 saturated heterocycles. The Kier molecular flexibility index (Phi) is 7.20. The van der Waals surface area contributed by atoms with Crippen LogP contribution in [0.5, 0.6) is 5.88 Å². The quantitative estimate of drug-likeness (QED) is 0.154. The molecule has 0 radical (unpaired) electrons. The fraction of sp³-hybridized carbons (Fsp3) is 0.107. The predicted molar refractivity (Wildman–Crippen MR) is 169 cm³/mol. The van der Waals surface area contributed by atoms with Gasteiger partial charge in [-0.15, -0.1) is 22.7 Å². The molecule has 0 aliphatic carbocycles. The molecule has 0 amide bonds. The maximum absolute atomic E-state index is 13.7. The van der Waals surface area contributed by atoms with E-state index < -0.39 is 0 Å². The average molecular weight is 605 g/mol. The molecule has 8 nitrogen and oxygen atoms in total. The standard InChI is InChI=1S/C28H21ClN6O2S3/c1-3-37-22-13-16(12-21(29)33-22)19-14-18(20-10-7-11-39-20)23-24-25(40-26(23)32-19)27(36)35(15(2)30-24)34-28(38)31-17-8-5-4-6-9-17/h4-14H,3H2,1-2H3,(H2,31,34,38). The number of anilines is 1. The number of thiophene rings is 2. The lowest BCUT2D eigenvalue weighted by atomic mass is 10.1. The average Bonchev–Trinajstić information content (AvgIpc) is 3.60. The molecule has 0 aliphatic heterocycles. The summed E-state index contributed by atoms with van der Waals surface area (Å²) in [5.41, 5.74) is 6.53. The van der Waals surface area contributed by atoms with Crippen molar-refractivity contribution < 1.29 is 4.74 Å². The second-order valence-electron chi connectivity index (χ2n) is 8.67. The monoisotopic (exact) mass is 604 g/mol. The van der Waals surface area contributed by atoms with E-state index in [2.05, 4.69) is 15.7 Å². The number of hydrogen-bond donors (Lipinski definition) is 2. The highest BCUT2D eigenvalue weighted by Crippen LogP contribution is 2.41. The Balaban J connectivity index is 1.51. The Hall–Kier alpha value is -3.90. The van der Waals surface area contributed by atoms with Crippen molar-refractivity contribution >= 4 is 77.7 Å². The van der Waals surface area contributed by atoms with E-state index in [1.54, 1.807) is 24.3 Å². The molecule has 5 heterocycles. The molecule has 1 aromatic carbocycles. The van der Waals surface area contributed by atoms with Gasteiger partial charge in [-0.1, -0.05) is 35.9 Å². The van der Waals surface area contributed by atoms with Crippen molar-refractivity contribution in [3.63, 3.8) is 0 Å². The van der Waals surface area contributed by atoms with E-state index in [-0.39, 0.29) is 10.7 Å². The lowest BCUT2D eigenvalue weighted by Gasteiger charge is -2.14. The molecule has 40 heavy (non-hydrogen) atoms. The van der Waals surface area contributed by atoms with Crippen LogP contribution in [-0.4, -0.2) is 31.3 Å².